The van der Waals surface area contributed by atoms with Crippen molar-refractivity contribution in [1.29, 1.82) is 0 Å². The van der Waals surface area contributed by atoms with Crippen molar-refractivity contribution in [2.75, 3.05) is 53.2 Å². The van der Waals surface area contributed by atoms with Gasteiger partial charge >= 0.3 is 6.09 Å². The Morgan fingerprint density at radius 2 is 1.91 bits per heavy atom. The largest absolute Gasteiger partial charge is 0.497 e. The van der Waals surface area contributed by atoms with Crippen LogP contribution in [0, 0.1) is 5.92 Å². The van der Waals surface area contributed by atoms with Crippen molar-refractivity contribution < 1.29 is 41.6 Å². The molecule has 1 amide bonds. The first kappa shape index (κ1) is 31.5. The average Bonchev–Trinajstić information content (AvgIpc) is 3.62. The number of carbonyl (C=O) groups excluding carboxylic acids is 1. The molecule has 2 fully saturated rings. The summed E-state index contributed by atoms with van der Waals surface area (Å²) in [4.78, 5) is 13.4. The number of amides is 1. The first-order chi connectivity index (χ1) is 20.8. The van der Waals surface area contributed by atoms with E-state index >= 15 is 0 Å². The average molecular weight is 619 g/mol. The second kappa shape index (κ2) is 14.3. The minimum Gasteiger partial charge on any atom is -0.497 e. The van der Waals surface area contributed by atoms with E-state index < -0.39 is 16.1 Å². The van der Waals surface area contributed by atoms with E-state index in [4.69, 9.17) is 28.4 Å². The second-order valence-electron chi connectivity index (χ2n) is 11.2. The zero-order chi connectivity index (χ0) is 30.4. The molecule has 1 N–H and O–H groups in total. The summed E-state index contributed by atoms with van der Waals surface area (Å²) in [7, 11) is -2.14. The fourth-order valence-corrected chi connectivity index (χ4v) is 7.75. The van der Waals surface area contributed by atoms with E-state index in [1.165, 1.54) is 4.31 Å². The summed E-state index contributed by atoms with van der Waals surface area (Å²) in [5, 5.41) is 3.00. The predicted octanol–water partition coefficient (Wildman–Crippen LogP) is 3.71. The Hall–Kier alpha value is -2.90. The Kier molecular flexibility index (Phi) is 10.5. The van der Waals surface area contributed by atoms with Crippen LogP contribution in [0.3, 0.4) is 0 Å². The summed E-state index contributed by atoms with van der Waals surface area (Å²) in [5.74, 6) is 1.37. The summed E-state index contributed by atoms with van der Waals surface area (Å²) in [6.07, 6.45) is 0.422. The standard InChI is InChI=1S/C31H42N2O9S/c1-4-38-15-16-39-24-7-5-22(6-8-24)17-23(32-31(34)42-28-20-41-30-26(28)12-14-40-30)11-13-33-19-21(2)27-18-25(37-3)9-10-29(27)43(33,35)36/h5-10,18,21,23,26,28,30H,4,11-17,19-20H2,1-3H3,(H,32,34)/t21?,23-,26+,28+,30-/m1/s1. The molecule has 2 aromatic rings. The lowest BCUT2D eigenvalue weighted by Crippen LogP contribution is -2.44. The molecular formula is C31H42N2O9S. The van der Waals surface area contributed by atoms with Crippen LogP contribution in [0.4, 0.5) is 4.79 Å². The molecule has 3 aliphatic heterocycles. The number of carbonyl (C=O) groups is 1. The number of nitrogens with zero attached hydrogens (tertiary/aromatic N) is 1. The van der Waals surface area contributed by atoms with E-state index in [2.05, 4.69) is 5.32 Å². The van der Waals surface area contributed by atoms with Gasteiger partial charge in [-0.1, -0.05) is 19.1 Å². The van der Waals surface area contributed by atoms with Crippen molar-refractivity contribution in [3.63, 3.8) is 0 Å². The number of hydrogen-bond acceptors (Lipinski definition) is 9. The fraction of sp³-hybridized carbons (Fsp3) is 0.581. The summed E-state index contributed by atoms with van der Waals surface area (Å²) >= 11 is 0. The summed E-state index contributed by atoms with van der Waals surface area (Å²) in [6, 6.07) is 12.4. The highest BCUT2D eigenvalue weighted by Crippen LogP contribution is 2.36. The minimum absolute atomic E-state index is 0.00999. The molecule has 12 heteroatoms. The smallest absolute Gasteiger partial charge is 0.407 e. The van der Waals surface area contributed by atoms with E-state index in [1.807, 2.05) is 38.1 Å². The maximum absolute atomic E-state index is 13.6. The van der Waals surface area contributed by atoms with Gasteiger partial charge in [0.05, 0.1) is 37.7 Å². The number of sulfonamides is 1. The molecule has 3 heterocycles. The molecule has 5 rings (SSSR count). The topological polar surface area (TPSA) is 122 Å². The van der Waals surface area contributed by atoms with Gasteiger partial charge in [-0.2, -0.15) is 4.31 Å². The summed E-state index contributed by atoms with van der Waals surface area (Å²) in [6.45, 7) is 7.03. The number of nitrogens with one attached hydrogen (secondary N) is 1. The highest BCUT2D eigenvalue weighted by Gasteiger charge is 2.44. The van der Waals surface area contributed by atoms with Crippen molar-refractivity contribution in [1.82, 2.24) is 9.62 Å². The van der Waals surface area contributed by atoms with Crippen LogP contribution < -0.4 is 14.8 Å². The molecule has 0 aromatic heterocycles. The molecule has 5 atom stereocenters. The Bertz CT molecular complexity index is 1340. The number of methoxy groups -OCH3 is 1. The third-order valence-corrected chi connectivity index (χ3v) is 10.2. The van der Waals surface area contributed by atoms with Crippen LogP contribution in [-0.2, 0) is 35.4 Å². The van der Waals surface area contributed by atoms with Gasteiger partial charge in [-0.15, -0.1) is 0 Å². The lowest BCUT2D eigenvalue weighted by molar-refractivity contribution is -0.0907. The minimum atomic E-state index is -3.71. The predicted molar refractivity (Wildman–Crippen MR) is 158 cm³/mol. The van der Waals surface area contributed by atoms with Crippen LogP contribution in [0.15, 0.2) is 47.4 Å². The van der Waals surface area contributed by atoms with Crippen molar-refractivity contribution >= 4 is 16.1 Å². The van der Waals surface area contributed by atoms with Crippen LogP contribution in [-0.4, -0.2) is 90.5 Å². The van der Waals surface area contributed by atoms with Gasteiger partial charge in [-0.05, 0) is 73.6 Å². The molecule has 2 aromatic carbocycles. The molecule has 0 radical (unpaired) electrons. The Morgan fingerprint density at radius 1 is 1.12 bits per heavy atom. The lowest BCUT2D eigenvalue weighted by Gasteiger charge is -2.33. The molecule has 0 bridgehead atoms. The monoisotopic (exact) mass is 618 g/mol. The Balaban J connectivity index is 1.26. The van der Waals surface area contributed by atoms with Crippen molar-refractivity contribution in [3.8, 4) is 11.5 Å². The van der Waals surface area contributed by atoms with Crippen molar-refractivity contribution in [2.45, 2.75) is 62.4 Å². The molecule has 0 spiro atoms. The number of ether oxygens (including phenoxy) is 6. The quantitative estimate of drug-likeness (QED) is 0.335. The van der Waals surface area contributed by atoms with Gasteiger partial charge in [-0.25, -0.2) is 13.2 Å². The zero-order valence-electron chi connectivity index (χ0n) is 25.0. The summed E-state index contributed by atoms with van der Waals surface area (Å²) < 4.78 is 61.9. The normalized spacial score (nSPS) is 25.0. The van der Waals surface area contributed by atoms with Gasteiger partial charge < -0.3 is 33.7 Å². The highest BCUT2D eigenvalue weighted by molar-refractivity contribution is 7.89. The molecule has 0 saturated carbocycles. The van der Waals surface area contributed by atoms with Crippen molar-refractivity contribution in [2.24, 2.45) is 5.92 Å². The number of hydrogen-bond donors (Lipinski definition) is 1. The maximum Gasteiger partial charge on any atom is 0.407 e. The Morgan fingerprint density at radius 3 is 2.67 bits per heavy atom. The van der Waals surface area contributed by atoms with Crippen LogP contribution in [0.5, 0.6) is 11.5 Å². The van der Waals surface area contributed by atoms with Gasteiger partial charge in [0.15, 0.2) is 6.29 Å². The van der Waals surface area contributed by atoms with Crippen LogP contribution in [0.2, 0.25) is 0 Å². The van der Waals surface area contributed by atoms with Gasteiger partial charge in [0.1, 0.15) is 24.2 Å². The molecule has 1 unspecified atom stereocenters. The molecule has 43 heavy (non-hydrogen) atoms. The van der Waals surface area contributed by atoms with Gasteiger partial charge in [0.25, 0.3) is 0 Å². The van der Waals surface area contributed by atoms with Crippen LogP contribution in [0.25, 0.3) is 0 Å². The highest BCUT2D eigenvalue weighted by atomic mass is 32.2. The first-order valence-corrected chi connectivity index (χ1v) is 16.4. The van der Waals surface area contributed by atoms with Gasteiger partial charge in [-0.3, -0.25) is 0 Å². The summed E-state index contributed by atoms with van der Waals surface area (Å²) in [5.41, 5.74) is 1.73. The molecule has 3 aliphatic rings. The van der Waals surface area contributed by atoms with Gasteiger partial charge in [0.2, 0.25) is 10.0 Å². The third kappa shape index (κ3) is 7.61. The molecular weight excluding hydrogens is 576 g/mol. The van der Waals surface area contributed by atoms with Gasteiger partial charge in [0, 0.05) is 25.7 Å². The number of benzene rings is 2. The molecule has 236 valence electrons. The van der Waals surface area contributed by atoms with E-state index in [0.29, 0.717) is 63.1 Å². The van der Waals surface area contributed by atoms with Crippen LogP contribution >= 0.6 is 0 Å². The van der Waals surface area contributed by atoms with Crippen LogP contribution in [0.1, 0.15) is 43.7 Å². The van der Waals surface area contributed by atoms with Crippen molar-refractivity contribution in [3.05, 3.63) is 53.6 Å². The third-order valence-electron chi connectivity index (χ3n) is 8.24. The van der Waals surface area contributed by atoms with E-state index in [1.54, 1.807) is 25.3 Å². The van der Waals surface area contributed by atoms with E-state index in [9.17, 15) is 13.2 Å². The molecule has 0 aliphatic carbocycles. The second-order valence-corrected chi connectivity index (χ2v) is 13.1. The first-order valence-electron chi connectivity index (χ1n) is 15.0. The SMILES string of the molecule is CCOCCOc1ccc(C[C@@H](CCN2CC(C)c3cc(OC)ccc3S2(=O)=O)NC(=O)O[C@H]2CO[C@H]3OCC[C@H]32)cc1. The zero-order valence-corrected chi connectivity index (χ0v) is 25.8. The van der Waals surface area contributed by atoms with E-state index in [-0.39, 0.29) is 36.8 Å². The number of alkyl carbamates (subject to hydrolysis) is 1. The van der Waals surface area contributed by atoms with E-state index in [0.717, 1.165) is 23.3 Å². The number of rotatable bonds is 13. The molecule has 2 saturated heterocycles. The molecule has 11 nitrogen and oxygen atoms in total. The Labute approximate surface area is 253 Å². The number of fused-ring (bicyclic) bond motifs is 2. The lowest BCUT2D eigenvalue weighted by atomic mass is 10.00. The maximum atomic E-state index is 13.6. The fourth-order valence-electron chi connectivity index (χ4n) is 5.91.